The lowest BCUT2D eigenvalue weighted by Gasteiger charge is -2.36. The average molecular weight is 361 g/mol. The first kappa shape index (κ1) is 17.3. The largest absolute Gasteiger partial charge is 0.484 e. The van der Waals surface area contributed by atoms with Gasteiger partial charge < -0.3 is 14.5 Å². The van der Waals surface area contributed by atoms with Crippen molar-refractivity contribution in [2.45, 2.75) is 6.92 Å². The Labute approximate surface area is 159 Å². The molecule has 1 aromatic heterocycles. The summed E-state index contributed by atoms with van der Waals surface area (Å²) in [6.07, 6.45) is 1.77. The van der Waals surface area contributed by atoms with Crippen LogP contribution in [0.3, 0.4) is 0 Å². The number of anilines is 1. The number of hydrogen-bond acceptors (Lipinski definition) is 4. The summed E-state index contributed by atoms with van der Waals surface area (Å²) in [5, 5.41) is 1.01. The fraction of sp³-hybridized carbons (Fsp3) is 0.273. The van der Waals surface area contributed by atoms with Crippen LogP contribution in [0.4, 0.5) is 5.69 Å². The van der Waals surface area contributed by atoms with Gasteiger partial charge in [-0.05, 0) is 48.9 Å². The smallest absolute Gasteiger partial charge is 0.260 e. The van der Waals surface area contributed by atoms with Crippen LogP contribution in [-0.2, 0) is 4.79 Å². The molecule has 1 aliphatic rings. The number of fused-ring (bicyclic) bond motifs is 1. The second-order valence-electron chi connectivity index (χ2n) is 6.85. The van der Waals surface area contributed by atoms with Crippen LogP contribution in [0, 0.1) is 6.92 Å². The molecule has 5 heteroatoms. The van der Waals surface area contributed by atoms with Gasteiger partial charge in [0.1, 0.15) is 5.75 Å². The van der Waals surface area contributed by atoms with E-state index in [0.29, 0.717) is 5.75 Å². The number of hydrogen-bond donors (Lipinski definition) is 0. The van der Waals surface area contributed by atoms with Gasteiger partial charge in [-0.3, -0.25) is 9.78 Å². The number of carbonyl (C=O) groups excluding carboxylic acids is 1. The van der Waals surface area contributed by atoms with Crippen molar-refractivity contribution in [3.8, 4) is 5.75 Å². The lowest BCUT2D eigenvalue weighted by Crippen LogP contribution is -2.50. The minimum Gasteiger partial charge on any atom is -0.484 e. The Morgan fingerprint density at radius 3 is 2.70 bits per heavy atom. The van der Waals surface area contributed by atoms with E-state index in [4.69, 9.17) is 4.74 Å². The molecule has 1 amide bonds. The summed E-state index contributed by atoms with van der Waals surface area (Å²) < 4.78 is 5.72. The van der Waals surface area contributed by atoms with E-state index in [0.717, 1.165) is 37.1 Å². The SMILES string of the molecule is Cc1cccc(N2CCN(C(=O)COc3ccc4ncccc4c3)CC2)c1. The molecule has 138 valence electrons. The Kier molecular flexibility index (Phi) is 4.92. The van der Waals surface area contributed by atoms with Gasteiger partial charge in [-0.15, -0.1) is 0 Å². The summed E-state index contributed by atoms with van der Waals surface area (Å²) in [5.41, 5.74) is 3.40. The van der Waals surface area contributed by atoms with Crippen LogP contribution >= 0.6 is 0 Å². The Morgan fingerprint density at radius 1 is 1.04 bits per heavy atom. The number of pyridine rings is 1. The number of piperazine rings is 1. The van der Waals surface area contributed by atoms with Crippen molar-refractivity contribution >= 4 is 22.5 Å². The predicted molar refractivity (Wildman–Crippen MR) is 107 cm³/mol. The number of carbonyl (C=O) groups is 1. The zero-order valence-electron chi connectivity index (χ0n) is 15.5. The lowest BCUT2D eigenvalue weighted by molar-refractivity contribution is -0.133. The van der Waals surface area contributed by atoms with Crippen molar-refractivity contribution in [1.29, 1.82) is 0 Å². The maximum atomic E-state index is 12.5. The number of aromatic nitrogens is 1. The number of rotatable bonds is 4. The molecule has 0 aliphatic carbocycles. The van der Waals surface area contributed by atoms with Gasteiger partial charge >= 0.3 is 0 Å². The normalized spacial score (nSPS) is 14.4. The lowest BCUT2D eigenvalue weighted by atomic mass is 10.2. The molecule has 1 aliphatic heterocycles. The first-order valence-corrected chi connectivity index (χ1v) is 9.26. The molecule has 0 spiro atoms. The first-order chi connectivity index (χ1) is 13.2. The van der Waals surface area contributed by atoms with Crippen molar-refractivity contribution in [3.63, 3.8) is 0 Å². The zero-order valence-corrected chi connectivity index (χ0v) is 15.5. The van der Waals surface area contributed by atoms with Gasteiger partial charge in [0.15, 0.2) is 6.61 Å². The highest BCUT2D eigenvalue weighted by Gasteiger charge is 2.21. The third-order valence-corrected chi connectivity index (χ3v) is 4.94. The van der Waals surface area contributed by atoms with E-state index in [1.807, 2.05) is 35.2 Å². The van der Waals surface area contributed by atoms with E-state index in [1.54, 1.807) is 6.20 Å². The van der Waals surface area contributed by atoms with Crippen molar-refractivity contribution < 1.29 is 9.53 Å². The van der Waals surface area contributed by atoms with Crippen molar-refractivity contribution in [3.05, 3.63) is 66.4 Å². The summed E-state index contributed by atoms with van der Waals surface area (Å²) in [5.74, 6) is 0.729. The molecule has 0 N–H and O–H groups in total. The third kappa shape index (κ3) is 4.03. The van der Waals surface area contributed by atoms with Crippen LogP contribution in [0.5, 0.6) is 5.75 Å². The first-order valence-electron chi connectivity index (χ1n) is 9.26. The Bertz CT molecular complexity index is 949. The van der Waals surface area contributed by atoms with Crippen LogP contribution in [0.2, 0.25) is 0 Å². The van der Waals surface area contributed by atoms with Gasteiger partial charge in [-0.25, -0.2) is 0 Å². The molecule has 4 rings (SSSR count). The highest BCUT2D eigenvalue weighted by Crippen LogP contribution is 2.20. The van der Waals surface area contributed by atoms with Crippen LogP contribution in [-0.4, -0.2) is 48.6 Å². The van der Waals surface area contributed by atoms with Gasteiger partial charge in [-0.2, -0.15) is 0 Å². The quantitative estimate of drug-likeness (QED) is 0.715. The van der Waals surface area contributed by atoms with Gasteiger partial charge in [0.2, 0.25) is 0 Å². The Balaban J connectivity index is 1.31. The maximum absolute atomic E-state index is 12.5. The molecule has 3 aromatic rings. The average Bonchev–Trinajstić information content (AvgIpc) is 2.72. The van der Waals surface area contributed by atoms with Crippen LogP contribution in [0.1, 0.15) is 5.56 Å². The molecule has 2 heterocycles. The summed E-state index contributed by atoms with van der Waals surface area (Å²) in [4.78, 5) is 21.0. The monoisotopic (exact) mass is 361 g/mol. The van der Waals surface area contributed by atoms with Gasteiger partial charge in [-0.1, -0.05) is 18.2 Å². The molecular weight excluding hydrogens is 338 g/mol. The molecule has 1 saturated heterocycles. The standard InChI is InChI=1S/C22H23N3O2/c1-17-4-2-6-19(14-17)24-10-12-25(13-11-24)22(26)16-27-20-7-8-21-18(15-20)5-3-9-23-21/h2-9,14-15H,10-13,16H2,1H3. The van der Waals surface area contributed by atoms with E-state index in [1.165, 1.54) is 11.3 Å². The summed E-state index contributed by atoms with van der Waals surface area (Å²) in [6, 6.07) is 18.1. The van der Waals surface area contributed by atoms with Crippen LogP contribution in [0.25, 0.3) is 10.9 Å². The highest BCUT2D eigenvalue weighted by atomic mass is 16.5. The van der Waals surface area contributed by atoms with E-state index in [-0.39, 0.29) is 12.5 Å². The second kappa shape index (κ2) is 7.66. The molecule has 2 aromatic carbocycles. The number of benzene rings is 2. The summed E-state index contributed by atoms with van der Waals surface area (Å²) in [7, 11) is 0. The maximum Gasteiger partial charge on any atom is 0.260 e. The second-order valence-corrected chi connectivity index (χ2v) is 6.85. The minimum atomic E-state index is 0.0326. The number of ether oxygens (including phenoxy) is 1. The molecule has 1 fully saturated rings. The van der Waals surface area contributed by atoms with Crippen molar-refractivity contribution in [2.75, 3.05) is 37.7 Å². The molecule has 0 unspecified atom stereocenters. The van der Waals surface area contributed by atoms with E-state index in [9.17, 15) is 4.79 Å². The van der Waals surface area contributed by atoms with E-state index >= 15 is 0 Å². The fourth-order valence-corrected chi connectivity index (χ4v) is 3.42. The van der Waals surface area contributed by atoms with Crippen LogP contribution < -0.4 is 9.64 Å². The summed E-state index contributed by atoms with van der Waals surface area (Å²) in [6.45, 7) is 5.29. The van der Waals surface area contributed by atoms with E-state index < -0.39 is 0 Å². The van der Waals surface area contributed by atoms with Crippen molar-refractivity contribution in [1.82, 2.24) is 9.88 Å². The number of amides is 1. The fourth-order valence-electron chi connectivity index (χ4n) is 3.42. The number of aryl methyl sites for hydroxylation is 1. The zero-order chi connectivity index (χ0) is 18.6. The molecular formula is C22H23N3O2. The third-order valence-electron chi connectivity index (χ3n) is 4.94. The predicted octanol–water partition coefficient (Wildman–Crippen LogP) is 3.27. The van der Waals surface area contributed by atoms with Gasteiger partial charge in [0.25, 0.3) is 5.91 Å². The molecule has 5 nitrogen and oxygen atoms in total. The van der Waals surface area contributed by atoms with Crippen molar-refractivity contribution in [2.24, 2.45) is 0 Å². The molecule has 27 heavy (non-hydrogen) atoms. The Morgan fingerprint density at radius 2 is 1.89 bits per heavy atom. The Hall–Kier alpha value is -3.08. The highest BCUT2D eigenvalue weighted by molar-refractivity contribution is 5.81. The molecule has 0 saturated carbocycles. The molecule has 0 atom stereocenters. The molecule has 0 radical (unpaired) electrons. The molecule has 0 bridgehead atoms. The minimum absolute atomic E-state index is 0.0326. The van der Waals surface area contributed by atoms with E-state index in [2.05, 4.69) is 41.1 Å². The van der Waals surface area contributed by atoms with Gasteiger partial charge in [0, 0.05) is 43.4 Å². The number of nitrogens with zero attached hydrogens (tertiary/aromatic N) is 3. The topological polar surface area (TPSA) is 45.7 Å². The van der Waals surface area contributed by atoms with Gasteiger partial charge in [0.05, 0.1) is 5.52 Å². The van der Waals surface area contributed by atoms with Crippen LogP contribution in [0.15, 0.2) is 60.8 Å². The summed E-state index contributed by atoms with van der Waals surface area (Å²) >= 11 is 0.